The summed E-state index contributed by atoms with van der Waals surface area (Å²) >= 11 is 0. The molecule has 4 heteroatoms. The number of hydrogen-bond donors (Lipinski definition) is 1. The highest BCUT2D eigenvalue weighted by Crippen LogP contribution is 2.24. The van der Waals surface area contributed by atoms with Gasteiger partial charge < -0.3 is 10.3 Å². The monoisotopic (exact) mass is 231 g/mol. The Morgan fingerprint density at radius 1 is 1.29 bits per heavy atom. The number of aromatic nitrogens is 2. The second-order valence-electron chi connectivity index (χ2n) is 4.46. The van der Waals surface area contributed by atoms with Crippen LogP contribution in [0.1, 0.15) is 32.6 Å². The molecular weight excluding hydrogens is 214 g/mol. The molecule has 2 aromatic rings. The minimum Gasteiger partial charge on any atom is -0.337 e. The highest BCUT2D eigenvalue weighted by atomic mass is 16.5. The average molecular weight is 231 g/mol. The first-order chi connectivity index (χ1) is 8.13. The fraction of sp³-hybridized carbons (Fsp3) is 0.385. The van der Waals surface area contributed by atoms with Crippen LogP contribution in [0.15, 0.2) is 34.9 Å². The zero-order valence-corrected chi connectivity index (χ0v) is 10.2. The number of hydrogen-bond acceptors (Lipinski definition) is 4. The highest BCUT2D eigenvalue weighted by molar-refractivity contribution is 5.53. The van der Waals surface area contributed by atoms with Gasteiger partial charge in [0.1, 0.15) is 0 Å². The molecule has 90 valence electrons. The van der Waals surface area contributed by atoms with E-state index in [4.69, 9.17) is 10.3 Å². The van der Waals surface area contributed by atoms with Crippen molar-refractivity contribution in [3.63, 3.8) is 0 Å². The van der Waals surface area contributed by atoms with Crippen molar-refractivity contribution < 1.29 is 4.52 Å². The van der Waals surface area contributed by atoms with Crippen LogP contribution in [0.5, 0.6) is 0 Å². The Morgan fingerprint density at radius 3 is 2.65 bits per heavy atom. The van der Waals surface area contributed by atoms with Crippen LogP contribution in [0.25, 0.3) is 11.4 Å². The maximum Gasteiger partial charge on any atom is 0.246 e. The van der Waals surface area contributed by atoms with E-state index in [0.717, 1.165) is 18.4 Å². The van der Waals surface area contributed by atoms with Crippen molar-refractivity contribution in [1.82, 2.24) is 10.1 Å². The minimum atomic E-state index is -0.547. The van der Waals surface area contributed by atoms with E-state index in [1.807, 2.05) is 37.3 Å². The number of nitrogens with zero attached hydrogens (tertiary/aromatic N) is 2. The first-order valence-corrected chi connectivity index (χ1v) is 5.82. The molecule has 0 saturated carbocycles. The van der Waals surface area contributed by atoms with E-state index in [-0.39, 0.29) is 0 Å². The molecule has 0 radical (unpaired) electrons. The normalized spacial score (nSPS) is 14.5. The molecule has 17 heavy (non-hydrogen) atoms. The minimum absolute atomic E-state index is 0.498. The van der Waals surface area contributed by atoms with Crippen molar-refractivity contribution in [2.24, 2.45) is 5.73 Å². The summed E-state index contributed by atoms with van der Waals surface area (Å²) in [5, 5.41) is 3.97. The van der Waals surface area contributed by atoms with Gasteiger partial charge in [0.2, 0.25) is 11.7 Å². The molecule has 0 aliphatic heterocycles. The van der Waals surface area contributed by atoms with Gasteiger partial charge in [-0.15, -0.1) is 0 Å². The standard InChI is InChI=1S/C13H17N3O/c1-3-9-13(2,14)12-15-11(16-17-12)10-7-5-4-6-8-10/h4-8H,3,9,14H2,1-2H3. The first-order valence-electron chi connectivity index (χ1n) is 5.82. The SMILES string of the molecule is CCCC(C)(N)c1nc(-c2ccccc2)no1. The van der Waals surface area contributed by atoms with Crippen LogP contribution >= 0.6 is 0 Å². The van der Waals surface area contributed by atoms with Gasteiger partial charge in [0.25, 0.3) is 0 Å². The van der Waals surface area contributed by atoms with E-state index in [9.17, 15) is 0 Å². The molecule has 1 heterocycles. The lowest BCUT2D eigenvalue weighted by Crippen LogP contribution is -2.33. The molecule has 1 aromatic heterocycles. The topological polar surface area (TPSA) is 64.9 Å². The Bertz CT molecular complexity index is 476. The molecule has 1 atom stereocenters. The molecule has 0 bridgehead atoms. The molecule has 0 aliphatic rings. The maximum absolute atomic E-state index is 6.14. The fourth-order valence-electron chi connectivity index (χ4n) is 1.79. The lowest BCUT2D eigenvalue weighted by molar-refractivity contribution is 0.284. The van der Waals surface area contributed by atoms with Gasteiger partial charge >= 0.3 is 0 Å². The summed E-state index contributed by atoms with van der Waals surface area (Å²) in [5.74, 6) is 1.09. The van der Waals surface area contributed by atoms with Gasteiger partial charge in [-0.2, -0.15) is 4.98 Å². The molecule has 4 nitrogen and oxygen atoms in total. The molecule has 2 rings (SSSR count). The third kappa shape index (κ3) is 2.53. The van der Waals surface area contributed by atoms with Gasteiger partial charge in [-0.1, -0.05) is 48.8 Å². The molecule has 1 aromatic carbocycles. The molecule has 0 spiro atoms. The maximum atomic E-state index is 6.14. The molecule has 1 unspecified atom stereocenters. The van der Waals surface area contributed by atoms with Crippen molar-refractivity contribution in [2.45, 2.75) is 32.2 Å². The second-order valence-corrected chi connectivity index (χ2v) is 4.46. The smallest absolute Gasteiger partial charge is 0.246 e. The molecule has 0 fully saturated rings. The zero-order chi connectivity index (χ0) is 12.3. The van der Waals surface area contributed by atoms with Crippen LogP contribution < -0.4 is 5.73 Å². The largest absolute Gasteiger partial charge is 0.337 e. The van der Waals surface area contributed by atoms with Crippen LogP contribution in [0.4, 0.5) is 0 Å². The molecule has 0 saturated heterocycles. The van der Waals surface area contributed by atoms with Gasteiger partial charge in [-0.25, -0.2) is 0 Å². The fourth-order valence-corrected chi connectivity index (χ4v) is 1.79. The number of benzene rings is 1. The summed E-state index contributed by atoms with van der Waals surface area (Å²) in [7, 11) is 0. The van der Waals surface area contributed by atoms with Gasteiger partial charge in [0.05, 0.1) is 5.54 Å². The summed E-state index contributed by atoms with van der Waals surface area (Å²) in [6, 6.07) is 9.73. The number of nitrogens with two attached hydrogens (primary N) is 1. The zero-order valence-electron chi connectivity index (χ0n) is 10.2. The third-order valence-corrected chi connectivity index (χ3v) is 2.72. The predicted octanol–water partition coefficient (Wildman–Crippen LogP) is 2.71. The van der Waals surface area contributed by atoms with Crippen LogP contribution in [-0.2, 0) is 5.54 Å². The number of rotatable bonds is 4. The highest BCUT2D eigenvalue weighted by Gasteiger charge is 2.27. The van der Waals surface area contributed by atoms with E-state index in [2.05, 4.69) is 17.1 Å². The summed E-state index contributed by atoms with van der Waals surface area (Å²) < 4.78 is 5.25. The quantitative estimate of drug-likeness (QED) is 0.878. The van der Waals surface area contributed by atoms with Crippen molar-refractivity contribution in [2.75, 3.05) is 0 Å². The van der Waals surface area contributed by atoms with Gasteiger partial charge in [-0.05, 0) is 13.3 Å². The summed E-state index contributed by atoms with van der Waals surface area (Å²) in [5.41, 5.74) is 6.54. The van der Waals surface area contributed by atoms with Crippen LogP contribution in [0.2, 0.25) is 0 Å². The van der Waals surface area contributed by atoms with Crippen molar-refractivity contribution in [3.05, 3.63) is 36.2 Å². The predicted molar refractivity (Wildman–Crippen MR) is 66.2 cm³/mol. The van der Waals surface area contributed by atoms with Crippen molar-refractivity contribution in [1.29, 1.82) is 0 Å². The lowest BCUT2D eigenvalue weighted by Gasteiger charge is -2.18. The second kappa shape index (κ2) is 4.67. The first kappa shape index (κ1) is 11.8. The van der Waals surface area contributed by atoms with Crippen LogP contribution in [0, 0.1) is 0 Å². The molecule has 2 N–H and O–H groups in total. The van der Waals surface area contributed by atoms with Crippen molar-refractivity contribution in [3.8, 4) is 11.4 Å². The van der Waals surface area contributed by atoms with Crippen LogP contribution in [0.3, 0.4) is 0 Å². The van der Waals surface area contributed by atoms with E-state index in [1.54, 1.807) is 0 Å². The average Bonchev–Trinajstić information content (AvgIpc) is 2.80. The molecule has 0 amide bonds. The van der Waals surface area contributed by atoms with Crippen LogP contribution in [-0.4, -0.2) is 10.1 Å². The Hall–Kier alpha value is -1.68. The van der Waals surface area contributed by atoms with Gasteiger partial charge in [0, 0.05) is 5.56 Å². The Labute approximate surface area is 101 Å². The molecule has 0 aliphatic carbocycles. The Balaban J connectivity index is 2.28. The van der Waals surface area contributed by atoms with Crippen molar-refractivity contribution >= 4 is 0 Å². The van der Waals surface area contributed by atoms with E-state index >= 15 is 0 Å². The van der Waals surface area contributed by atoms with E-state index < -0.39 is 5.54 Å². The third-order valence-electron chi connectivity index (χ3n) is 2.72. The van der Waals surface area contributed by atoms with Gasteiger partial charge in [0.15, 0.2) is 0 Å². The Morgan fingerprint density at radius 2 is 2.00 bits per heavy atom. The lowest BCUT2D eigenvalue weighted by atomic mass is 9.98. The summed E-state index contributed by atoms with van der Waals surface area (Å²) in [6.45, 7) is 4.00. The van der Waals surface area contributed by atoms with E-state index in [0.29, 0.717) is 11.7 Å². The Kier molecular flexibility index (Phi) is 3.24. The van der Waals surface area contributed by atoms with Gasteiger partial charge in [-0.3, -0.25) is 0 Å². The summed E-state index contributed by atoms with van der Waals surface area (Å²) in [4.78, 5) is 4.37. The summed E-state index contributed by atoms with van der Waals surface area (Å²) in [6.07, 6.45) is 1.81. The molecular formula is C13H17N3O. The van der Waals surface area contributed by atoms with E-state index in [1.165, 1.54) is 0 Å².